The fourth-order valence-electron chi connectivity index (χ4n) is 5.81. The minimum atomic E-state index is -4.41. The summed E-state index contributed by atoms with van der Waals surface area (Å²) in [5, 5.41) is 9.86. The predicted octanol–water partition coefficient (Wildman–Crippen LogP) is 4.01. The molecular formula is C20H30O6S. The van der Waals surface area contributed by atoms with Crippen molar-refractivity contribution in [3.8, 4) is 0 Å². The Hall–Kier alpha value is -1.18. The predicted molar refractivity (Wildman–Crippen MR) is 101 cm³/mol. The van der Waals surface area contributed by atoms with Crippen molar-refractivity contribution in [3.05, 3.63) is 23.8 Å². The van der Waals surface area contributed by atoms with Crippen molar-refractivity contribution < 1.29 is 27.1 Å². The third-order valence-electron chi connectivity index (χ3n) is 7.40. The van der Waals surface area contributed by atoms with Gasteiger partial charge in [-0.2, -0.15) is 8.42 Å². The lowest BCUT2D eigenvalue weighted by Gasteiger charge is -2.56. The number of carbonyl (C=O) groups is 1. The molecule has 0 amide bonds. The smallest absolute Gasteiger partial charge is 0.397 e. The number of hydrogen-bond donors (Lipinski definition) is 2. The molecule has 0 aromatic carbocycles. The Morgan fingerprint density at radius 3 is 2.59 bits per heavy atom. The molecule has 0 bridgehead atoms. The first-order valence-corrected chi connectivity index (χ1v) is 11.0. The van der Waals surface area contributed by atoms with Gasteiger partial charge in [0.15, 0.2) is 0 Å². The van der Waals surface area contributed by atoms with E-state index in [1.165, 1.54) is 5.57 Å². The van der Waals surface area contributed by atoms with Crippen LogP contribution in [0, 0.1) is 28.1 Å². The van der Waals surface area contributed by atoms with Gasteiger partial charge in [0.2, 0.25) is 0 Å². The molecule has 0 heterocycles. The Morgan fingerprint density at radius 2 is 1.96 bits per heavy atom. The summed E-state index contributed by atoms with van der Waals surface area (Å²) in [4.78, 5) is 12.0. The molecule has 0 spiro atoms. The SMILES string of the molecule is C[C@@]1(CCOS(=O)(=O)O)C=C2C=C[C@@H]3[C@](C)(CCC[C@]3(C)C(=O)O)[C@H]2CC1. The van der Waals surface area contributed by atoms with Gasteiger partial charge in [0.05, 0.1) is 12.0 Å². The van der Waals surface area contributed by atoms with Crippen LogP contribution in [0.25, 0.3) is 0 Å². The van der Waals surface area contributed by atoms with Crippen molar-refractivity contribution in [3.63, 3.8) is 0 Å². The largest absolute Gasteiger partial charge is 0.481 e. The van der Waals surface area contributed by atoms with Crippen LogP contribution in [0.2, 0.25) is 0 Å². The van der Waals surface area contributed by atoms with Gasteiger partial charge in [0.1, 0.15) is 0 Å². The summed E-state index contributed by atoms with van der Waals surface area (Å²) in [7, 11) is -4.41. The number of rotatable bonds is 5. The number of carboxylic acid groups (broad SMARTS) is 1. The summed E-state index contributed by atoms with van der Waals surface area (Å²) >= 11 is 0. The number of allylic oxidation sites excluding steroid dienone is 4. The van der Waals surface area contributed by atoms with Gasteiger partial charge in [0, 0.05) is 0 Å². The van der Waals surface area contributed by atoms with Crippen LogP contribution in [0.15, 0.2) is 23.8 Å². The molecule has 0 aliphatic heterocycles. The molecule has 6 nitrogen and oxygen atoms in total. The fraction of sp³-hybridized carbons (Fsp3) is 0.750. The normalized spacial score (nSPS) is 41.4. The highest BCUT2D eigenvalue weighted by atomic mass is 32.3. The van der Waals surface area contributed by atoms with Crippen LogP contribution in [-0.4, -0.2) is 30.7 Å². The van der Waals surface area contributed by atoms with E-state index in [1.54, 1.807) is 0 Å². The van der Waals surface area contributed by atoms with Crippen molar-refractivity contribution in [2.75, 3.05) is 6.61 Å². The summed E-state index contributed by atoms with van der Waals surface area (Å²) in [6, 6.07) is 0. The third-order valence-corrected chi connectivity index (χ3v) is 7.87. The van der Waals surface area contributed by atoms with Crippen LogP contribution in [0.1, 0.15) is 59.3 Å². The molecule has 3 aliphatic rings. The number of carboxylic acids is 1. The van der Waals surface area contributed by atoms with Crippen molar-refractivity contribution in [2.45, 2.75) is 59.3 Å². The van der Waals surface area contributed by atoms with Gasteiger partial charge in [-0.15, -0.1) is 0 Å². The quantitative estimate of drug-likeness (QED) is 0.679. The molecule has 0 unspecified atom stereocenters. The number of fused-ring (bicyclic) bond motifs is 3. The zero-order valence-corrected chi connectivity index (χ0v) is 17.1. The van der Waals surface area contributed by atoms with E-state index in [4.69, 9.17) is 4.55 Å². The minimum absolute atomic E-state index is 0.0191. The topological polar surface area (TPSA) is 101 Å². The summed E-state index contributed by atoms with van der Waals surface area (Å²) in [5.74, 6) is -0.369. The molecule has 0 saturated heterocycles. The Kier molecular flexibility index (Phi) is 5.11. The highest BCUT2D eigenvalue weighted by Crippen LogP contribution is 2.62. The van der Waals surface area contributed by atoms with Gasteiger partial charge in [0.25, 0.3) is 0 Å². The molecule has 1 fully saturated rings. The Morgan fingerprint density at radius 1 is 1.26 bits per heavy atom. The van der Waals surface area contributed by atoms with E-state index >= 15 is 0 Å². The second kappa shape index (κ2) is 6.71. The lowest BCUT2D eigenvalue weighted by molar-refractivity contribution is -0.159. The summed E-state index contributed by atoms with van der Waals surface area (Å²) in [6.07, 6.45) is 11.4. The molecule has 2 N–H and O–H groups in total. The molecule has 5 atom stereocenters. The zero-order chi connectivity index (χ0) is 20.1. The van der Waals surface area contributed by atoms with Crippen LogP contribution in [-0.2, 0) is 19.4 Å². The molecule has 0 radical (unpaired) electrons. The van der Waals surface area contributed by atoms with E-state index in [9.17, 15) is 18.3 Å². The van der Waals surface area contributed by atoms with Gasteiger partial charge >= 0.3 is 16.4 Å². The molecule has 0 aromatic rings. The van der Waals surface area contributed by atoms with E-state index in [1.807, 2.05) is 6.92 Å². The first kappa shape index (κ1) is 20.6. The van der Waals surface area contributed by atoms with E-state index in [2.05, 4.69) is 36.3 Å². The highest BCUT2D eigenvalue weighted by Gasteiger charge is 2.57. The third kappa shape index (κ3) is 3.74. The molecule has 7 heteroatoms. The monoisotopic (exact) mass is 398 g/mol. The maximum absolute atomic E-state index is 12.0. The molecular weight excluding hydrogens is 368 g/mol. The van der Waals surface area contributed by atoms with Gasteiger partial charge in [-0.3, -0.25) is 9.35 Å². The fourth-order valence-corrected chi connectivity index (χ4v) is 6.11. The number of aliphatic carboxylic acids is 1. The van der Waals surface area contributed by atoms with E-state index in [0.29, 0.717) is 18.8 Å². The summed E-state index contributed by atoms with van der Waals surface area (Å²) in [6.45, 7) is 6.15. The van der Waals surface area contributed by atoms with Gasteiger partial charge in [-0.05, 0) is 67.3 Å². The van der Waals surface area contributed by atoms with Gasteiger partial charge in [-0.1, -0.05) is 38.5 Å². The second-order valence-electron chi connectivity index (χ2n) is 9.31. The molecule has 0 aromatic heterocycles. The van der Waals surface area contributed by atoms with Gasteiger partial charge < -0.3 is 5.11 Å². The summed E-state index contributed by atoms with van der Waals surface area (Å²) < 4.78 is 34.8. The number of hydrogen-bond acceptors (Lipinski definition) is 4. The molecule has 3 aliphatic carbocycles. The van der Waals surface area contributed by atoms with Crippen LogP contribution >= 0.6 is 0 Å². The van der Waals surface area contributed by atoms with E-state index in [-0.39, 0.29) is 23.4 Å². The molecule has 152 valence electrons. The van der Waals surface area contributed by atoms with E-state index in [0.717, 1.165) is 25.7 Å². The van der Waals surface area contributed by atoms with Crippen molar-refractivity contribution >= 4 is 16.4 Å². The first-order valence-electron chi connectivity index (χ1n) is 9.66. The van der Waals surface area contributed by atoms with Crippen molar-refractivity contribution in [1.82, 2.24) is 0 Å². The molecule has 1 saturated carbocycles. The maximum Gasteiger partial charge on any atom is 0.397 e. The average Bonchev–Trinajstić information content (AvgIpc) is 2.52. The zero-order valence-electron chi connectivity index (χ0n) is 16.3. The van der Waals surface area contributed by atoms with E-state index < -0.39 is 21.8 Å². The minimum Gasteiger partial charge on any atom is -0.481 e. The Bertz CT molecular complexity index is 784. The molecule has 27 heavy (non-hydrogen) atoms. The maximum atomic E-state index is 12.0. The van der Waals surface area contributed by atoms with Crippen LogP contribution in [0.4, 0.5) is 0 Å². The first-order chi connectivity index (χ1) is 12.4. The molecule has 3 rings (SSSR count). The standard InChI is InChI=1S/C20H30O6S/c1-18(11-12-26-27(23,24)25)10-7-15-14(13-18)5-6-16-19(15,2)8-4-9-20(16,3)17(21)22/h5-6,13,15-16H,4,7-12H2,1-3H3,(H,21,22)(H,23,24,25)/t15-,16+,18+,19+,20-/m0/s1. The Balaban J connectivity index is 1.87. The van der Waals surface area contributed by atoms with Crippen LogP contribution in [0.5, 0.6) is 0 Å². The highest BCUT2D eigenvalue weighted by molar-refractivity contribution is 7.80. The van der Waals surface area contributed by atoms with Crippen molar-refractivity contribution in [2.24, 2.45) is 28.1 Å². The lowest BCUT2D eigenvalue weighted by Crippen LogP contribution is -2.52. The van der Waals surface area contributed by atoms with Crippen LogP contribution in [0.3, 0.4) is 0 Å². The summed E-state index contributed by atoms with van der Waals surface area (Å²) in [5.41, 5.74) is 0.232. The van der Waals surface area contributed by atoms with Crippen molar-refractivity contribution in [1.29, 1.82) is 0 Å². The van der Waals surface area contributed by atoms with Gasteiger partial charge in [-0.25, -0.2) is 4.18 Å². The van der Waals surface area contributed by atoms with Crippen LogP contribution < -0.4 is 0 Å². The average molecular weight is 399 g/mol. The Labute approximate surface area is 161 Å². The second-order valence-corrected chi connectivity index (χ2v) is 10.4. The lowest BCUT2D eigenvalue weighted by atomic mass is 9.47.